The van der Waals surface area contributed by atoms with Gasteiger partial charge in [-0.2, -0.15) is 5.10 Å². The van der Waals surface area contributed by atoms with Gasteiger partial charge in [-0.25, -0.2) is 9.50 Å². The zero-order valence-corrected chi connectivity index (χ0v) is 15.3. The fourth-order valence-electron chi connectivity index (χ4n) is 3.33. The molecule has 1 unspecified atom stereocenters. The van der Waals surface area contributed by atoms with Crippen molar-refractivity contribution in [3.8, 4) is 0 Å². The normalized spacial score (nSPS) is 18.9. The van der Waals surface area contributed by atoms with E-state index < -0.39 is 0 Å². The quantitative estimate of drug-likeness (QED) is 0.850. The maximum Gasteiger partial charge on any atom is 0.227 e. The van der Waals surface area contributed by atoms with E-state index in [-0.39, 0.29) is 17.2 Å². The van der Waals surface area contributed by atoms with Gasteiger partial charge < -0.3 is 9.80 Å². The van der Waals surface area contributed by atoms with E-state index in [0.29, 0.717) is 0 Å². The molecule has 6 nitrogen and oxygen atoms in total. The minimum absolute atomic E-state index is 0.222. The standard InChI is InChI=1S/C18H27N5O/c1-18(2,3)17(24)22-10-6-7-13(11-22)14-12-23-15(8-9-19-23)16(20-14)21(4)5/h8-9,12-13H,6-7,10-11H2,1-5H3. The molecule has 1 saturated heterocycles. The molecule has 3 heterocycles. The maximum atomic E-state index is 12.6. The summed E-state index contributed by atoms with van der Waals surface area (Å²) in [6.45, 7) is 7.53. The molecule has 1 aliphatic heterocycles. The molecule has 0 aromatic carbocycles. The zero-order valence-electron chi connectivity index (χ0n) is 15.3. The van der Waals surface area contributed by atoms with Gasteiger partial charge >= 0.3 is 0 Å². The molecule has 24 heavy (non-hydrogen) atoms. The second-order valence-corrected chi connectivity index (χ2v) is 7.89. The highest BCUT2D eigenvalue weighted by Crippen LogP contribution is 2.30. The van der Waals surface area contributed by atoms with Crippen LogP contribution in [-0.2, 0) is 4.79 Å². The van der Waals surface area contributed by atoms with Crippen LogP contribution in [0.15, 0.2) is 18.5 Å². The number of anilines is 1. The van der Waals surface area contributed by atoms with Gasteiger partial charge in [0.1, 0.15) is 5.52 Å². The van der Waals surface area contributed by atoms with Crippen molar-refractivity contribution in [3.63, 3.8) is 0 Å². The van der Waals surface area contributed by atoms with Crippen LogP contribution < -0.4 is 4.90 Å². The van der Waals surface area contributed by atoms with Gasteiger partial charge in [0, 0.05) is 38.5 Å². The van der Waals surface area contributed by atoms with E-state index >= 15 is 0 Å². The summed E-state index contributed by atoms with van der Waals surface area (Å²) in [4.78, 5) is 21.5. The molecule has 1 amide bonds. The van der Waals surface area contributed by atoms with E-state index in [4.69, 9.17) is 4.98 Å². The summed E-state index contributed by atoms with van der Waals surface area (Å²) in [5, 5.41) is 4.38. The first kappa shape index (κ1) is 16.7. The lowest BCUT2D eigenvalue weighted by atomic mass is 9.90. The Bertz CT molecular complexity index is 743. The molecule has 130 valence electrons. The Hall–Kier alpha value is -2.11. The van der Waals surface area contributed by atoms with E-state index in [1.54, 1.807) is 6.20 Å². The van der Waals surface area contributed by atoms with Crippen molar-refractivity contribution >= 4 is 17.2 Å². The minimum atomic E-state index is -0.337. The van der Waals surface area contributed by atoms with Gasteiger partial charge in [0.15, 0.2) is 5.82 Å². The lowest BCUT2D eigenvalue weighted by molar-refractivity contribution is -0.140. The van der Waals surface area contributed by atoms with Gasteiger partial charge in [-0.15, -0.1) is 0 Å². The van der Waals surface area contributed by atoms with Crippen LogP contribution in [0.1, 0.15) is 45.2 Å². The molecule has 0 radical (unpaired) electrons. The summed E-state index contributed by atoms with van der Waals surface area (Å²) >= 11 is 0. The van der Waals surface area contributed by atoms with Crippen molar-refractivity contribution < 1.29 is 4.79 Å². The van der Waals surface area contributed by atoms with Gasteiger partial charge in [0.2, 0.25) is 5.91 Å². The van der Waals surface area contributed by atoms with Crippen molar-refractivity contribution in [3.05, 3.63) is 24.2 Å². The topological polar surface area (TPSA) is 53.7 Å². The number of hydrogen-bond acceptors (Lipinski definition) is 4. The van der Waals surface area contributed by atoms with Crippen molar-refractivity contribution in [2.24, 2.45) is 5.41 Å². The first-order valence-corrected chi connectivity index (χ1v) is 8.58. The molecule has 6 heteroatoms. The number of fused-ring (bicyclic) bond motifs is 1. The predicted molar refractivity (Wildman–Crippen MR) is 95.3 cm³/mol. The van der Waals surface area contributed by atoms with Gasteiger partial charge in [-0.05, 0) is 18.9 Å². The summed E-state index contributed by atoms with van der Waals surface area (Å²) in [7, 11) is 3.99. The lowest BCUT2D eigenvalue weighted by Gasteiger charge is -2.36. The number of carbonyl (C=O) groups is 1. The highest BCUT2D eigenvalue weighted by Gasteiger charge is 2.32. The largest absolute Gasteiger partial charge is 0.361 e. The summed E-state index contributed by atoms with van der Waals surface area (Å²) in [6.07, 6.45) is 5.88. The molecule has 0 saturated carbocycles. The van der Waals surface area contributed by atoms with Crippen LogP contribution in [0, 0.1) is 5.41 Å². The average Bonchev–Trinajstić information content (AvgIpc) is 3.00. The van der Waals surface area contributed by atoms with Crippen LogP contribution >= 0.6 is 0 Å². The fraction of sp³-hybridized carbons (Fsp3) is 0.611. The molecule has 1 atom stereocenters. The van der Waals surface area contributed by atoms with Crippen LogP contribution in [-0.4, -0.2) is 52.6 Å². The molecule has 0 bridgehead atoms. The number of nitrogens with zero attached hydrogens (tertiary/aromatic N) is 5. The number of likely N-dealkylation sites (tertiary alicyclic amines) is 1. The van der Waals surface area contributed by atoms with Crippen molar-refractivity contribution in [1.82, 2.24) is 19.5 Å². The van der Waals surface area contributed by atoms with E-state index in [9.17, 15) is 4.79 Å². The third-order valence-electron chi connectivity index (χ3n) is 4.58. The number of piperidine rings is 1. The first-order chi connectivity index (χ1) is 11.3. The Balaban J connectivity index is 1.91. The fourth-order valence-corrected chi connectivity index (χ4v) is 3.33. The molecular formula is C18H27N5O. The van der Waals surface area contributed by atoms with Gasteiger partial charge in [-0.1, -0.05) is 20.8 Å². The number of carbonyl (C=O) groups excluding carboxylic acids is 1. The predicted octanol–water partition coefficient (Wildman–Crippen LogP) is 2.55. The van der Waals surface area contributed by atoms with Crippen LogP contribution in [0.25, 0.3) is 5.52 Å². The summed E-state index contributed by atoms with van der Waals surface area (Å²) < 4.78 is 1.89. The number of hydrogen-bond donors (Lipinski definition) is 0. The highest BCUT2D eigenvalue weighted by atomic mass is 16.2. The van der Waals surface area contributed by atoms with E-state index in [2.05, 4.69) is 5.10 Å². The Kier molecular flexibility index (Phi) is 4.24. The minimum Gasteiger partial charge on any atom is -0.361 e. The molecule has 1 fully saturated rings. The summed E-state index contributed by atoms with van der Waals surface area (Å²) in [6, 6.07) is 1.97. The Morgan fingerprint density at radius 1 is 1.33 bits per heavy atom. The Morgan fingerprint density at radius 3 is 2.75 bits per heavy atom. The van der Waals surface area contributed by atoms with E-state index in [1.165, 1.54) is 0 Å². The molecule has 1 aliphatic rings. The lowest BCUT2D eigenvalue weighted by Crippen LogP contribution is -2.44. The SMILES string of the molecule is CN(C)c1nc(C2CCCN(C(=O)C(C)(C)C)C2)cn2nccc12. The van der Waals surface area contributed by atoms with Crippen molar-refractivity contribution in [2.45, 2.75) is 39.5 Å². The number of rotatable bonds is 2. The molecule has 3 rings (SSSR count). The second kappa shape index (κ2) is 6.07. The highest BCUT2D eigenvalue weighted by molar-refractivity contribution is 5.81. The summed E-state index contributed by atoms with van der Waals surface area (Å²) in [5.41, 5.74) is 1.68. The second-order valence-electron chi connectivity index (χ2n) is 7.89. The van der Waals surface area contributed by atoms with E-state index in [1.807, 2.05) is 61.4 Å². The number of aromatic nitrogens is 3. The smallest absolute Gasteiger partial charge is 0.227 e. The molecule has 2 aromatic rings. The van der Waals surface area contributed by atoms with Crippen molar-refractivity contribution in [2.75, 3.05) is 32.1 Å². The van der Waals surface area contributed by atoms with E-state index in [0.717, 1.165) is 43.0 Å². The monoisotopic (exact) mass is 329 g/mol. The molecule has 2 aromatic heterocycles. The van der Waals surface area contributed by atoms with Crippen LogP contribution in [0.4, 0.5) is 5.82 Å². The van der Waals surface area contributed by atoms with Crippen LogP contribution in [0.5, 0.6) is 0 Å². The van der Waals surface area contributed by atoms with Crippen molar-refractivity contribution in [1.29, 1.82) is 0 Å². The Labute approximate surface area is 143 Å². The molecular weight excluding hydrogens is 302 g/mol. The maximum absolute atomic E-state index is 12.6. The van der Waals surface area contributed by atoms with Gasteiger partial charge in [-0.3, -0.25) is 4.79 Å². The van der Waals surface area contributed by atoms with Gasteiger partial charge in [0.25, 0.3) is 0 Å². The Morgan fingerprint density at radius 2 is 2.08 bits per heavy atom. The zero-order chi connectivity index (χ0) is 17.5. The summed E-state index contributed by atoms with van der Waals surface area (Å²) in [5.74, 6) is 1.40. The van der Waals surface area contributed by atoms with Gasteiger partial charge in [0.05, 0.1) is 18.1 Å². The average molecular weight is 329 g/mol. The first-order valence-electron chi connectivity index (χ1n) is 8.58. The number of amides is 1. The van der Waals surface area contributed by atoms with Crippen LogP contribution in [0.2, 0.25) is 0 Å². The molecule has 0 N–H and O–H groups in total. The third-order valence-corrected chi connectivity index (χ3v) is 4.58. The third kappa shape index (κ3) is 3.09. The molecule has 0 spiro atoms. The molecule has 0 aliphatic carbocycles. The van der Waals surface area contributed by atoms with Crippen LogP contribution in [0.3, 0.4) is 0 Å².